The Kier molecular flexibility index (Phi) is 8.60. The zero-order valence-corrected chi connectivity index (χ0v) is 20.5. The second-order valence-electron chi connectivity index (χ2n) is 8.99. The van der Waals surface area contributed by atoms with Crippen LogP contribution in [0.3, 0.4) is 0 Å². The molecule has 36 heavy (non-hydrogen) atoms. The molecule has 4 rings (SSSR count). The topological polar surface area (TPSA) is 111 Å². The van der Waals surface area contributed by atoms with E-state index in [9.17, 15) is 9.59 Å². The molecule has 3 aromatic rings. The van der Waals surface area contributed by atoms with Crippen LogP contribution < -0.4 is 10.1 Å². The molecule has 1 fully saturated rings. The molecule has 0 atom stereocenters. The van der Waals surface area contributed by atoms with E-state index in [0.717, 1.165) is 53.8 Å². The molecule has 1 aliphatic rings. The number of alkyl carbamates (subject to hydrolysis) is 1. The summed E-state index contributed by atoms with van der Waals surface area (Å²) in [4.78, 5) is 27.9. The molecule has 0 unspecified atom stereocenters. The number of ether oxygens (including phenoxy) is 2. The Morgan fingerprint density at radius 1 is 1.11 bits per heavy atom. The fourth-order valence-corrected chi connectivity index (χ4v) is 4.31. The van der Waals surface area contributed by atoms with E-state index >= 15 is 0 Å². The van der Waals surface area contributed by atoms with Crippen LogP contribution in [0.1, 0.15) is 54.7 Å². The van der Waals surface area contributed by atoms with Gasteiger partial charge in [0.2, 0.25) is 5.89 Å². The maximum atomic E-state index is 12.3. The molecule has 1 amide bonds. The maximum Gasteiger partial charge on any atom is 0.407 e. The highest BCUT2D eigenvalue weighted by molar-refractivity contribution is 5.68. The van der Waals surface area contributed by atoms with Crippen molar-refractivity contribution in [1.29, 1.82) is 0 Å². The molecule has 0 bridgehead atoms. The minimum Gasteiger partial charge on any atom is -0.493 e. The molecule has 8 nitrogen and oxygen atoms in total. The number of carboxylic acids is 1. The van der Waals surface area contributed by atoms with Crippen LogP contribution in [0.2, 0.25) is 0 Å². The van der Waals surface area contributed by atoms with Crippen LogP contribution in [-0.2, 0) is 28.9 Å². The molecule has 1 aromatic heterocycles. The quantitative estimate of drug-likeness (QED) is 0.366. The number of hydrogen-bond acceptors (Lipinski definition) is 6. The van der Waals surface area contributed by atoms with Crippen molar-refractivity contribution in [2.24, 2.45) is 0 Å². The van der Waals surface area contributed by atoms with Crippen molar-refractivity contribution in [3.05, 3.63) is 71.1 Å². The molecule has 2 N–H and O–H groups in total. The number of carboxylic acid groups (broad SMARTS) is 1. The fraction of sp³-hybridized carbons (Fsp3) is 0.393. The summed E-state index contributed by atoms with van der Waals surface area (Å²) < 4.78 is 17.4. The normalized spacial score (nSPS) is 13.5. The maximum absolute atomic E-state index is 12.3. The molecule has 1 aliphatic carbocycles. The number of nitrogens with zero attached hydrogens (tertiary/aromatic N) is 1. The van der Waals surface area contributed by atoms with Gasteiger partial charge in [0.25, 0.3) is 0 Å². The van der Waals surface area contributed by atoms with E-state index in [4.69, 9.17) is 19.0 Å². The summed E-state index contributed by atoms with van der Waals surface area (Å²) in [6, 6.07) is 15.3. The SMILES string of the molecule is Cc1oc(-c2ccccc2)nc1CCOc1ccc(CCC(=O)O)cc1CNC(=O)OC1CCCC1. The number of carbonyl (C=O) groups is 2. The molecule has 0 aliphatic heterocycles. The van der Waals surface area contributed by atoms with Crippen molar-refractivity contribution < 1.29 is 28.6 Å². The smallest absolute Gasteiger partial charge is 0.407 e. The van der Waals surface area contributed by atoms with Gasteiger partial charge in [0.15, 0.2) is 0 Å². The van der Waals surface area contributed by atoms with Gasteiger partial charge in [-0.1, -0.05) is 30.3 Å². The van der Waals surface area contributed by atoms with Gasteiger partial charge in [0, 0.05) is 30.5 Å². The van der Waals surface area contributed by atoms with Gasteiger partial charge in [-0.25, -0.2) is 9.78 Å². The first kappa shape index (κ1) is 25.3. The number of rotatable bonds is 11. The third kappa shape index (κ3) is 7.10. The fourth-order valence-electron chi connectivity index (χ4n) is 4.31. The van der Waals surface area contributed by atoms with E-state index < -0.39 is 12.1 Å². The number of aromatic nitrogens is 1. The standard InChI is InChI=1S/C28H32N2O6/c1-19-24(30-27(35-19)21-7-3-2-4-8-21)15-16-34-25-13-11-20(12-14-26(31)32)17-22(25)18-29-28(33)36-23-9-5-6-10-23/h2-4,7-8,11,13,17,23H,5-6,9-10,12,14-16,18H2,1H3,(H,29,33)(H,31,32). The van der Waals surface area contributed by atoms with Crippen LogP contribution in [0, 0.1) is 6.92 Å². The highest BCUT2D eigenvalue weighted by atomic mass is 16.6. The first-order valence-electron chi connectivity index (χ1n) is 12.4. The Hall–Kier alpha value is -3.81. The Balaban J connectivity index is 1.39. The third-order valence-electron chi connectivity index (χ3n) is 6.26. The summed E-state index contributed by atoms with van der Waals surface area (Å²) in [5.41, 5.74) is 3.38. The summed E-state index contributed by atoms with van der Waals surface area (Å²) in [6.07, 6.45) is 4.49. The minimum atomic E-state index is -0.854. The first-order chi connectivity index (χ1) is 17.5. The Labute approximate surface area is 210 Å². The average Bonchev–Trinajstić information content (AvgIpc) is 3.52. The zero-order valence-electron chi connectivity index (χ0n) is 20.5. The van der Waals surface area contributed by atoms with Crippen LogP contribution in [-0.4, -0.2) is 34.9 Å². The van der Waals surface area contributed by atoms with Crippen LogP contribution >= 0.6 is 0 Å². The molecule has 1 heterocycles. The van der Waals surface area contributed by atoms with E-state index in [1.54, 1.807) is 0 Å². The molecule has 8 heteroatoms. The van der Waals surface area contributed by atoms with Crippen molar-refractivity contribution in [2.45, 2.75) is 64.5 Å². The van der Waals surface area contributed by atoms with Gasteiger partial charge in [0.1, 0.15) is 17.6 Å². The zero-order chi connectivity index (χ0) is 25.3. The van der Waals surface area contributed by atoms with Gasteiger partial charge in [0.05, 0.1) is 12.3 Å². The summed E-state index contributed by atoms with van der Waals surface area (Å²) >= 11 is 0. The number of oxazole rings is 1. The minimum absolute atomic E-state index is 0.0194. The lowest BCUT2D eigenvalue weighted by Crippen LogP contribution is -2.27. The Morgan fingerprint density at radius 2 is 1.89 bits per heavy atom. The Bertz CT molecular complexity index is 1170. The van der Waals surface area contributed by atoms with Crippen molar-refractivity contribution in [2.75, 3.05) is 6.61 Å². The van der Waals surface area contributed by atoms with Crippen LogP contribution in [0.4, 0.5) is 4.79 Å². The lowest BCUT2D eigenvalue weighted by Gasteiger charge is -2.15. The summed E-state index contributed by atoms with van der Waals surface area (Å²) in [5, 5.41) is 11.8. The van der Waals surface area contributed by atoms with Gasteiger partial charge in [-0.05, 0) is 62.8 Å². The number of carbonyl (C=O) groups excluding carboxylic acids is 1. The van der Waals surface area contributed by atoms with Gasteiger partial charge in [-0.15, -0.1) is 0 Å². The lowest BCUT2D eigenvalue weighted by molar-refractivity contribution is -0.136. The third-order valence-corrected chi connectivity index (χ3v) is 6.26. The molecule has 2 aromatic carbocycles. The molecule has 1 saturated carbocycles. The second kappa shape index (κ2) is 12.2. The summed E-state index contributed by atoms with van der Waals surface area (Å²) in [5.74, 6) is 1.10. The summed E-state index contributed by atoms with van der Waals surface area (Å²) in [6.45, 7) is 2.48. The predicted octanol–water partition coefficient (Wildman–Crippen LogP) is 5.46. The van der Waals surface area contributed by atoms with Gasteiger partial charge >= 0.3 is 12.1 Å². The highest BCUT2D eigenvalue weighted by Gasteiger charge is 2.19. The summed E-state index contributed by atoms with van der Waals surface area (Å²) in [7, 11) is 0. The van der Waals surface area contributed by atoms with Crippen molar-refractivity contribution in [3.8, 4) is 17.2 Å². The number of hydrogen-bond donors (Lipinski definition) is 2. The van der Waals surface area contributed by atoms with Crippen LogP contribution in [0.5, 0.6) is 5.75 Å². The monoisotopic (exact) mass is 492 g/mol. The van der Waals surface area contributed by atoms with Crippen LogP contribution in [0.15, 0.2) is 52.9 Å². The highest BCUT2D eigenvalue weighted by Crippen LogP contribution is 2.25. The first-order valence-corrected chi connectivity index (χ1v) is 12.4. The van der Waals surface area contributed by atoms with Crippen molar-refractivity contribution in [3.63, 3.8) is 0 Å². The molecule has 0 radical (unpaired) electrons. The lowest BCUT2D eigenvalue weighted by atomic mass is 10.1. The van der Waals surface area contributed by atoms with Crippen molar-refractivity contribution >= 4 is 12.1 Å². The molecule has 0 spiro atoms. The van der Waals surface area contributed by atoms with E-state index in [1.807, 2.05) is 55.5 Å². The second-order valence-corrected chi connectivity index (χ2v) is 8.99. The largest absolute Gasteiger partial charge is 0.493 e. The van der Waals surface area contributed by atoms with E-state index in [-0.39, 0.29) is 19.1 Å². The van der Waals surface area contributed by atoms with Crippen molar-refractivity contribution in [1.82, 2.24) is 10.3 Å². The molecule has 0 saturated heterocycles. The van der Waals surface area contributed by atoms with Crippen LogP contribution in [0.25, 0.3) is 11.5 Å². The Morgan fingerprint density at radius 3 is 2.64 bits per heavy atom. The average molecular weight is 493 g/mol. The number of aryl methyl sites for hydroxylation is 2. The number of nitrogens with one attached hydrogen (secondary N) is 1. The van der Waals surface area contributed by atoms with Gasteiger partial charge in [-0.3, -0.25) is 4.79 Å². The van der Waals surface area contributed by atoms with Gasteiger partial charge in [-0.2, -0.15) is 0 Å². The van der Waals surface area contributed by atoms with E-state index in [0.29, 0.717) is 31.1 Å². The number of benzene rings is 2. The van der Waals surface area contributed by atoms with Gasteiger partial charge < -0.3 is 24.3 Å². The number of amides is 1. The molecular weight excluding hydrogens is 460 g/mol. The number of aliphatic carboxylic acids is 1. The van der Waals surface area contributed by atoms with E-state index in [1.165, 1.54) is 0 Å². The molecular formula is C28H32N2O6. The van der Waals surface area contributed by atoms with E-state index in [2.05, 4.69) is 10.3 Å². The predicted molar refractivity (Wildman–Crippen MR) is 134 cm³/mol. The molecule has 190 valence electrons.